The molecule has 0 saturated carbocycles. The van der Waals surface area contributed by atoms with Gasteiger partial charge in [0, 0.05) is 28.8 Å². The van der Waals surface area contributed by atoms with E-state index in [-0.39, 0.29) is 12.0 Å². The summed E-state index contributed by atoms with van der Waals surface area (Å²) in [4.78, 5) is 35.1. The molecule has 0 radical (unpaired) electrons. The van der Waals surface area contributed by atoms with Gasteiger partial charge in [-0.1, -0.05) is 0 Å². The molecular formula is C24H24FN5O4S. The number of hydrogen-bond acceptors (Lipinski definition) is 8. The van der Waals surface area contributed by atoms with E-state index in [0.29, 0.717) is 72.1 Å². The maximum atomic E-state index is 14.4. The summed E-state index contributed by atoms with van der Waals surface area (Å²) in [5, 5.41) is 6.13. The molecule has 2 amide bonds. The second kappa shape index (κ2) is 10.0. The zero-order valence-electron chi connectivity index (χ0n) is 19.0. The SMILES string of the molecule is COc1ccc2ncc(F)c(CCCNC[C@@H]3CN(c4ccc5c(c4)NC(=O)CS5)C(=O)O3)c2n1. The second-order valence-electron chi connectivity index (χ2n) is 8.25. The predicted molar refractivity (Wildman–Crippen MR) is 131 cm³/mol. The van der Waals surface area contributed by atoms with E-state index in [1.165, 1.54) is 25.1 Å². The molecule has 1 saturated heterocycles. The number of anilines is 2. The Hall–Kier alpha value is -3.44. The molecule has 2 aliphatic rings. The third-order valence-corrected chi connectivity index (χ3v) is 6.96. The first-order chi connectivity index (χ1) is 17.0. The van der Waals surface area contributed by atoms with Crippen molar-refractivity contribution in [2.24, 2.45) is 0 Å². The minimum absolute atomic E-state index is 0.0553. The van der Waals surface area contributed by atoms with Crippen molar-refractivity contribution in [3.63, 3.8) is 0 Å². The van der Waals surface area contributed by atoms with Gasteiger partial charge in [0.15, 0.2) is 0 Å². The number of benzene rings is 1. The highest BCUT2D eigenvalue weighted by molar-refractivity contribution is 8.00. The van der Waals surface area contributed by atoms with Crippen molar-refractivity contribution in [2.75, 3.05) is 42.7 Å². The second-order valence-corrected chi connectivity index (χ2v) is 9.26. The Labute approximate surface area is 205 Å². The van der Waals surface area contributed by atoms with Gasteiger partial charge in [0.2, 0.25) is 11.8 Å². The number of aromatic nitrogens is 2. The monoisotopic (exact) mass is 497 g/mol. The van der Waals surface area contributed by atoms with Gasteiger partial charge in [-0.05, 0) is 43.7 Å². The Bertz CT molecular complexity index is 1290. The molecular weight excluding hydrogens is 473 g/mol. The Morgan fingerprint density at radius 1 is 1.31 bits per heavy atom. The number of nitrogens with zero attached hydrogens (tertiary/aromatic N) is 3. The molecule has 9 nitrogen and oxygen atoms in total. The van der Waals surface area contributed by atoms with Gasteiger partial charge >= 0.3 is 6.09 Å². The fourth-order valence-electron chi connectivity index (χ4n) is 4.16. The van der Waals surface area contributed by atoms with E-state index >= 15 is 0 Å². The molecule has 11 heteroatoms. The van der Waals surface area contributed by atoms with Crippen LogP contribution < -0.4 is 20.3 Å². The van der Waals surface area contributed by atoms with Crippen LogP contribution in [0.3, 0.4) is 0 Å². The Balaban J connectivity index is 1.14. The lowest BCUT2D eigenvalue weighted by Gasteiger charge is -2.20. The van der Waals surface area contributed by atoms with Crippen molar-refractivity contribution >= 4 is 46.2 Å². The van der Waals surface area contributed by atoms with E-state index in [1.807, 2.05) is 12.1 Å². The summed E-state index contributed by atoms with van der Waals surface area (Å²) in [6, 6.07) is 9.02. The fourth-order valence-corrected chi connectivity index (χ4v) is 4.95. The molecule has 182 valence electrons. The van der Waals surface area contributed by atoms with Crippen molar-refractivity contribution in [3.8, 4) is 5.88 Å². The van der Waals surface area contributed by atoms with Gasteiger partial charge in [-0.15, -0.1) is 11.8 Å². The number of amides is 2. The third kappa shape index (κ3) is 5.01. The largest absolute Gasteiger partial charge is 0.481 e. The third-order valence-electron chi connectivity index (χ3n) is 5.88. The van der Waals surface area contributed by atoms with Crippen LogP contribution in [-0.2, 0) is 16.0 Å². The highest BCUT2D eigenvalue weighted by atomic mass is 32.2. The van der Waals surface area contributed by atoms with Gasteiger partial charge in [0.1, 0.15) is 11.9 Å². The number of nitrogens with one attached hydrogen (secondary N) is 2. The average Bonchev–Trinajstić information content (AvgIpc) is 3.24. The van der Waals surface area contributed by atoms with E-state index in [1.54, 1.807) is 23.1 Å². The lowest BCUT2D eigenvalue weighted by atomic mass is 10.1. The lowest BCUT2D eigenvalue weighted by Crippen LogP contribution is -2.31. The van der Waals surface area contributed by atoms with E-state index in [2.05, 4.69) is 20.6 Å². The molecule has 2 aliphatic heterocycles. The van der Waals surface area contributed by atoms with Gasteiger partial charge in [-0.3, -0.25) is 14.7 Å². The number of methoxy groups -OCH3 is 1. The van der Waals surface area contributed by atoms with Crippen LogP contribution in [0.5, 0.6) is 5.88 Å². The zero-order chi connectivity index (χ0) is 24.4. The normalized spacial score (nSPS) is 17.3. The standard InChI is InChI=1S/C24H24FN5O4S/c1-33-22-7-5-18-23(29-22)16(17(25)11-27-18)3-2-8-26-10-15-12-30(24(32)34-15)14-4-6-20-19(9-14)28-21(31)13-35-20/h4-7,9,11,15,26H,2-3,8,10,12-13H2,1H3,(H,28,31)/t15-/m1/s1. The molecule has 1 atom stereocenters. The van der Waals surface area contributed by atoms with Crippen LogP contribution in [0.1, 0.15) is 12.0 Å². The van der Waals surface area contributed by atoms with Crippen molar-refractivity contribution in [1.29, 1.82) is 0 Å². The molecule has 2 N–H and O–H groups in total. The van der Waals surface area contributed by atoms with Gasteiger partial charge in [0.05, 0.1) is 42.3 Å². The smallest absolute Gasteiger partial charge is 0.414 e. The molecule has 1 aromatic carbocycles. The minimum atomic E-state index is -0.420. The summed E-state index contributed by atoms with van der Waals surface area (Å²) in [6.45, 7) is 1.49. The number of hydrogen-bond donors (Lipinski definition) is 2. The van der Waals surface area contributed by atoms with Crippen molar-refractivity contribution in [3.05, 3.63) is 47.9 Å². The van der Waals surface area contributed by atoms with Gasteiger partial charge in [-0.2, -0.15) is 0 Å². The Morgan fingerprint density at radius 2 is 2.20 bits per heavy atom. The number of cyclic esters (lactones) is 1. The van der Waals surface area contributed by atoms with Crippen LogP contribution in [-0.4, -0.2) is 60.6 Å². The molecule has 0 unspecified atom stereocenters. The van der Waals surface area contributed by atoms with Crippen LogP contribution in [0.2, 0.25) is 0 Å². The molecule has 0 bridgehead atoms. The number of ether oxygens (including phenoxy) is 2. The molecule has 35 heavy (non-hydrogen) atoms. The van der Waals surface area contributed by atoms with E-state index in [9.17, 15) is 14.0 Å². The fraction of sp³-hybridized carbons (Fsp3) is 0.333. The summed E-state index contributed by atoms with van der Waals surface area (Å²) >= 11 is 1.47. The first-order valence-corrected chi connectivity index (χ1v) is 12.2. The Kier molecular flexibility index (Phi) is 6.69. The van der Waals surface area contributed by atoms with Crippen LogP contribution in [0, 0.1) is 5.82 Å². The number of carbonyl (C=O) groups excluding carboxylic acids is 2. The molecule has 3 aromatic rings. The number of pyridine rings is 2. The number of aryl methyl sites for hydroxylation is 1. The molecule has 0 spiro atoms. The highest BCUT2D eigenvalue weighted by Crippen LogP contribution is 2.35. The maximum Gasteiger partial charge on any atom is 0.414 e. The van der Waals surface area contributed by atoms with Crippen molar-refractivity contribution in [2.45, 2.75) is 23.8 Å². The Morgan fingerprint density at radius 3 is 3.06 bits per heavy atom. The summed E-state index contributed by atoms with van der Waals surface area (Å²) in [7, 11) is 1.52. The van der Waals surface area contributed by atoms with Crippen molar-refractivity contribution < 1.29 is 23.5 Å². The molecule has 0 aliphatic carbocycles. The van der Waals surface area contributed by atoms with Crippen LogP contribution >= 0.6 is 11.8 Å². The summed E-state index contributed by atoms with van der Waals surface area (Å²) in [6.07, 6.45) is 1.63. The van der Waals surface area contributed by atoms with E-state index < -0.39 is 11.9 Å². The number of thioether (sulfide) groups is 1. The highest BCUT2D eigenvalue weighted by Gasteiger charge is 2.32. The molecule has 5 rings (SSSR count). The molecule has 2 aromatic heterocycles. The first kappa shape index (κ1) is 23.3. The number of rotatable bonds is 8. The topological polar surface area (TPSA) is 106 Å². The number of fused-ring (bicyclic) bond motifs is 2. The summed E-state index contributed by atoms with van der Waals surface area (Å²) < 4.78 is 25.1. The summed E-state index contributed by atoms with van der Waals surface area (Å²) in [5.41, 5.74) is 3.02. The number of halogens is 1. The quantitative estimate of drug-likeness (QED) is 0.457. The van der Waals surface area contributed by atoms with Crippen LogP contribution in [0.15, 0.2) is 41.4 Å². The van der Waals surface area contributed by atoms with E-state index in [4.69, 9.17) is 9.47 Å². The van der Waals surface area contributed by atoms with Gasteiger partial charge < -0.3 is 20.1 Å². The number of carbonyl (C=O) groups is 2. The molecule has 1 fully saturated rings. The zero-order valence-corrected chi connectivity index (χ0v) is 19.9. The lowest BCUT2D eigenvalue weighted by molar-refractivity contribution is -0.113. The van der Waals surface area contributed by atoms with Crippen LogP contribution in [0.25, 0.3) is 11.0 Å². The van der Waals surface area contributed by atoms with Crippen LogP contribution in [0.4, 0.5) is 20.6 Å². The first-order valence-electron chi connectivity index (χ1n) is 11.3. The van der Waals surface area contributed by atoms with E-state index in [0.717, 1.165) is 4.90 Å². The average molecular weight is 498 g/mol. The van der Waals surface area contributed by atoms with Gasteiger partial charge in [0.25, 0.3) is 0 Å². The summed E-state index contributed by atoms with van der Waals surface area (Å²) in [5.74, 6) is 0.358. The molecule has 4 heterocycles. The maximum absolute atomic E-state index is 14.4. The minimum Gasteiger partial charge on any atom is -0.481 e. The van der Waals surface area contributed by atoms with Crippen molar-refractivity contribution in [1.82, 2.24) is 15.3 Å². The predicted octanol–water partition coefficient (Wildman–Crippen LogP) is 3.37. The van der Waals surface area contributed by atoms with Gasteiger partial charge in [-0.25, -0.2) is 14.2 Å².